The molecule has 0 saturated carbocycles. The van der Waals surface area contributed by atoms with Crippen LogP contribution in [0.3, 0.4) is 0 Å². The maximum atomic E-state index is 11.1. The Bertz CT molecular complexity index is 407. The Morgan fingerprint density at radius 1 is 1.21 bits per heavy atom. The first-order chi connectivity index (χ1) is 9.15. The fourth-order valence-corrected chi connectivity index (χ4v) is 3.46. The van der Waals surface area contributed by atoms with Gasteiger partial charge in [-0.25, -0.2) is 4.79 Å². The number of carbonyl (C=O) groups is 1. The van der Waals surface area contributed by atoms with Gasteiger partial charge in [0, 0.05) is 9.37 Å². The number of thioether (sulfide) groups is 1. The van der Waals surface area contributed by atoms with Gasteiger partial charge >= 0.3 is 5.97 Å². The minimum absolute atomic E-state index is 0.402. The van der Waals surface area contributed by atoms with E-state index in [0.717, 1.165) is 21.5 Å². The molecule has 19 heavy (non-hydrogen) atoms. The molecular weight excluding hydrogens is 324 g/mol. The van der Waals surface area contributed by atoms with E-state index >= 15 is 0 Å². The van der Waals surface area contributed by atoms with Crippen LogP contribution in [-0.2, 0) is 0 Å². The summed E-state index contributed by atoms with van der Waals surface area (Å²) in [6, 6.07) is 5.33. The Morgan fingerprint density at radius 2 is 1.89 bits per heavy atom. The highest BCUT2D eigenvalue weighted by Crippen LogP contribution is 2.27. The zero-order valence-corrected chi connectivity index (χ0v) is 13.7. The topological polar surface area (TPSA) is 37.3 Å². The Balaban J connectivity index is 2.36. The maximum Gasteiger partial charge on any atom is 0.336 e. The number of carboxylic acid groups (broad SMARTS) is 1. The molecule has 2 nitrogen and oxygen atoms in total. The zero-order valence-electron chi connectivity index (χ0n) is 11.3. The first kappa shape index (κ1) is 16.6. The van der Waals surface area contributed by atoms with Crippen molar-refractivity contribution in [2.24, 2.45) is 0 Å². The average molecular weight is 345 g/mol. The van der Waals surface area contributed by atoms with Gasteiger partial charge in [0.15, 0.2) is 0 Å². The highest BCUT2D eigenvalue weighted by molar-refractivity contribution is 9.10. The van der Waals surface area contributed by atoms with Crippen molar-refractivity contribution in [1.82, 2.24) is 0 Å². The van der Waals surface area contributed by atoms with Crippen LogP contribution in [0.4, 0.5) is 0 Å². The molecule has 0 spiro atoms. The third-order valence-electron chi connectivity index (χ3n) is 2.93. The standard InChI is InChI=1S/C15H21BrO2S/c1-2-3-4-5-6-7-10-19-14-11-12(16)8-9-13(14)15(17)18/h8-9,11H,2-7,10H2,1H3,(H,17,18). The van der Waals surface area contributed by atoms with Gasteiger partial charge in [0.05, 0.1) is 5.56 Å². The summed E-state index contributed by atoms with van der Waals surface area (Å²) in [5.74, 6) is 0.140. The van der Waals surface area contributed by atoms with Crippen molar-refractivity contribution in [2.75, 3.05) is 5.75 Å². The number of benzene rings is 1. The van der Waals surface area contributed by atoms with Crippen LogP contribution < -0.4 is 0 Å². The van der Waals surface area contributed by atoms with E-state index in [9.17, 15) is 4.79 Å². The summed E-state index contributed by atoms with van der Waals surface area (Å²) < 4.78 is 0.933. The number of hydrogen-bond acceptors (Lipinski definition) is 2. The SMILES string of the molecule is CCCCCCCCSc1cc(Br)ccc1C(=O)O. The molecule has 0 atom stereocenters. The van der Waals surface area contributed by atoms with E-state index in [2.05, 4.69) is 22.9 Å². The Labute approximate surface area is 128 Å². The molecule has 0 radical (unpaired) electrons. The van der Waals surface area contributed by atoms with Gasteiger partial charge < -0.3 is 5.11 Å². The second kappa shape index (κ2) is 9.43. The van der Waals surface area contributed by atoms with Gasteiger partial charge in [-0.05, 0) is 30.4 Å². The summed E-state index contributed by atoms with van der Waals surface area (Å²) >= 11 is 5.03. The van der Waals surface area contributed by atoms with E-state index in [1.165, 1.54) is 32.1 Å². The summed E-state index contributed by atoms with van der Waals surface area (Å²) in [5, 5.41) is 9.13. The lowest BCUT2D eigenvalue weighted by molar-refractivity contribution is 0.0693. The largest absolute Gasteiger partial charge is 0.478 e. The first-order valence-corrected chi connectivity index (χ1v) is 8.58. The molecule has 1 rings (SSSR count). The van der Waals surface area contributed by atoms with Crippen molar-refractivity contribution in [3.63, 3.8) is 0 Å². The molecule has 0 fully saturated rings. The highest BCUT2D eigenvalue weighted by atomic mass is 79.9. The predicted octanol–water partition coefficient (Wildman–Crippen LogP) is 5.60. The van der Waals surface area contributed by atoms with Crippen LogP contribution >= 0.6 is 27.7 Å². The molecule has 0 amide bonds. The van der Waals surface area contributed by atoms with Crippen LogP contribution in [0.2, 0.25) is 0 Å². The van der Waals surface area contributed by atoms with E-state index in [0.29, 0.717) is 5.56 Å². The van der Waals surface area contributed by atoms with Gasteiger partial charge in [-0.15, -0.1) is 11.8 Å². The molecule has 106 valence electrons. The van der Waals surface area contributed by atoms with E-state index < -0.39 is 5.97 Å². The number of hydrogen-bond donors (Lipinski definition) is 1. The van der Waals surface area contributed by atoms with Crippen LogP contribution in [0, 0.1) is 0 Å². The van der Waals surface area contributed by atoms with Gasteiger partial charge in [0.1, 0.15) is 0 Å². The number of aromatic carboxylic acids is 1. The summed E-state index contributed by atoms with van der Waals surface area (Å²) in [7, 11) is 0. The van der Waals surface area contributed by atoms with Gasteiger partial charge in [0.2, 0.25) is 0 Å². The van der Waals surface area contributed by atoms with Crippen molar-refractivity contribution in [1.29, 1.82) is 0 Å². The number of carboxylic acids is 1. The van der Waals surface area contributed by atoms with Gasteiger partial charge in [-0.2, -0.15) is 0 Å². The Hall–Kier alpha value is -0.480. The summed E-state index contributed by atoms with van der Waals surface area (Å²) in [4.78, 5) is 12.0. The molecule has 0 heterocycles. The van der Waals surface area contributed by atoms with Crippen LogP contribution in [0.1, 0.15) is 55.8 Å². The summed E-state index contributed by atoms with van der Waals surface area (Å²) in [5.41, 5.74) is 0.402. The molecule has 1 N–H and O–H groups in total. The van der Waals surface area contributed by atoms with E-state index in [-0.39, 0.29) is 0 Å². The molecule has 0 unspecified atom stereocenters. The van der Waals surface area contributed by atoms with Crippen molar-refractivity contribution >= 4 is 33.7 Å². The van der Waals surface area contributed by atoms with Crippen LogP contribution in [0.5, 0.6) is 0 Å². The molecule has 0 saturated heterocycles. The maximum absolute atomic E-state index is 11.1. The summed E-state index contributed by atoms with van der Waals surface area (Å²) in [6.07, 6.45) is 7.59. The van der Waals surface area contributed by atoms with Crippen LogP contribution in [-0.4, -0.2) is 16.8 Å². The monoisotopic (exact) mass is 344 g/mol. The predicted molar refractivity (Wildman–Crippen MR) is 85.2 cm³/mol. The van der Waals surface area contributed by atoms with Crippen LogP contribution in [0.25, 0.3) is 0 Å². The number of halogens is 1. The quantitative estimate of drug-likeness (QED) is 0.467. The average Bonchev–Trinajstić information content (AvgIpc) is 2.37. The second-order valence-electron chi connectivity index (χ2n) is 4.56. The minimum Gasteiger partial charge on any atom is -0.478 e. The molecule has 0 aliphatic carbocycles. The smallest absolute Gasteiger partial charge is 0.336 e. The van der Waals surface area contributed by atoms with Crippen molar-refractivity contribution in [2.45, 2.75) is 50.3 Å². The van der Waals surface area contributed by atoms with Gasteiger partial charge in [-0.1, -0.05) is 55.0 Å². The molecule has 4 heteroatoms. The minimum atomic E-state index is -0.849. The number of unbranched alkanes of at least 4 members (excludes halogenated alkanes) is 5. The molecule has 0 bridgehead atoms. The molecule has 0 aromatic heterocycles. The second-order valence-corrected chi connectivity index (χ2v) is 6.61. The molecule has 0 aliphatic heterocycles. The lowest BCUT2D eigenvalue weighted by Gasteiger charge is -2.06. The van der Waals surface area contributed by atoms with Gasteiger partial charge in [0.25, 0.3) is 0 Å². The highest BCUT2D eigenvalue weighted by Gasteiger charge is 2.10. The zero-order chi connectivity index (χ0) is 14.1. The fourth-order valence-electron chi connectivity index (χ4n) is 1.86. The van der Waals surface area contributed by atoms with Crippen molar-refractivity contribution < 1.29 is 9.90 Å². The van der Waals surface area contributed by atoms with Crippen molar-refractivity contribution in [3.05, 3.63) is 28.2 Å². The van der Waals surface area contributed by atoms with E-state index in [1.54, 1.807) is 23.9 Å². The first-order valence-electron chi connectivity index (χ1n) is 6.80. The Morgan fingerprint density at radius 3 is 2.58 bits per heavy atom. The third kappa shape index (κ3) is 6.48. The van der Waals surface area contributed by atoms with E-state index in [1.807, 2.05) is 6.07 Å². The van der Waals surface area contributed by atoms with Crippen molar-refractivity contribution in [3.8, 4) is 0 Å². The Kier molecular flexibility index (Phi) is 8.22. The third-order valence-corrected chi connectivity index (χ3v) is 4.56. The summed E-state index contributed by atoms with van der Waals surface area (Å²) in [6.45, 7) is 2.22. The lowest BCUT2D eigenvalue weighted by atomic mass is 10.1. The lowest BCUT2D eigenvalue weighted by Crippen LogP contribution is -1.99. The molecule has 0 aliphatic rings. The molecule has 1 aromatic rings. The van der Waals surface area contributed by atoms with Crippen LogP contribution in [0.15, 0.2) is 27.6 Å². The fraction of sp³-hybridized carbons (Fsp3) is 0.533. The van der Waals surface area contributed by atoms with Gasteiger partial charge in [-0.3, -0.25) is 0 Å². The number of rotatable bonds is 9. The van der Waals surface area contributed by atoms with E-state index in [4.69, 9.17) is 5.11 Å². The normalized spacial score (nSPS) is 10.6. The molecule has 1 aromatic carbocycles. The molecular formula is C15H21BrO2S.